The Labute approximate surface area is 312 Å². The molecule has 3 aromatic heterocycles. The van der Waals surface area contributed by atoms with Crippen molar-refractivity contribution in [2.24, 2.45) is 5.92 Å². The van der Waals surface area contributed by atoms with E-state index >= 15 is 0 Å². The molecule has 0 saturated carbocycles. The van der Waals surface area contributed by atoms with Crippen molar-refractivity contribution in [3.05, 3.63) is 94.4 Å². The molecule has 5 heterocycles. The largest absolute Gasteiger partial charge is 0.435 e. The van der Waals surface area contributed by atoms with Crippen molar-refractivity contribution in [2.45, 2.75) is 65.7 Å². The number of likely N-dealkylation sites (tertiary alicyclic amines) is 2. The third-order valence-electron chi connectivity index (χ3n) is 10.9. The highest BCUT2D eigenvalue weighted by molar-refractivity contribution is 5.90. The maximum Gasteiger partial charge on any atom is 0.297 e. The van der Waals surface area contributed by atoms with E-state index in [1.165, 1.54) is 12.8 Å². The number of anilines is 2. The van der Waals surface area contributed by atoms with Crippen molar-refractivity contribution in [1.82, 2.24) is 29.7 Å². The third-order valence-corrected chi connectivity index (χ3v) is 10.9. The summed E-state index contributed by atoms with van der Waals surface area (Å²) in [5.74, 6) is 0.795. The molecule has 8 rings (SSSR count). The van der Waals surface area contributed by atoms with Gasteiger partial charge in [-0.2, -0.15) is 5.26 Å². The lowest BCUT2D eigenvalue weighted by molar-refractivity contribution is 0.141. The lowest BCUT2D eigenvalue weighted by atomic mass is 9.93. The number of alkyl halides is 2. The minimum Gasteiger partial charge on any atom is -0.435 e. The van der Waals surface area contributed by atoms with Crippen LogP contribution in [0.4, 0.5) is 20.3 Å². The SMILES string of the molecule is Cc1c(Nc2nc(C(F)F)nc3cc(CN4CCC(O)C4)cnc23)cccc1-c1cccc(-c2nc3cc(CN4CCC(C)CC4)cc(C#N)c3o2)c1C. The Bertz CT molecular complexity index is 2400. The summed E-state index contributed by atoms with van der Waals surface area (Å²) in [5.41, 5.74) is 9.39. The molecule has 2 aliphatic rings. The summed E-state index contributed by atoms with van der Waals surface area (Å²) in [6.07, 6.45) is 1.54. The van der Waals surface area contributed by atoms with Crippen molar-refractivity contribution in [2.75, 3.05) is 31.5 Å². The number of nitriles is 1. The minimum atomic E-state index is -2.87. The highest BCUT2D eigenvalue weighted by Crippen LogP contribution is 2.38. The maximum absolute atomic E-state index is 14.1. The molecule has 3 aromatic carbocycles. The van der Waals surface area contributed by atoms with Gasteiger partial charge in [-0.1, -0.05) is 31.2 Å². The van der Waals surface area contributed by atoms with E-state index in [2.05, 4.69) is 43.1 Å². The van der Waals surface area contributed by atoms with Crippen LogP contribution in [0.2, 0.25) is 0 Å². The Hall–Kier alpha value is -5.35. The Kier molecular flexibility index (Phi) is 9.79. The van der Waals surface area contributed by atoms with E-state index in [1.807, 2.05) is 62.4 Å². The first-order chi connectivity index (χ1) is 26.1. The fraction of sp³-hybridized carbons (Fsp3) is 0.357. The van der Waals surface area contributed by atoms with Crippen LogP contribution < -0.4 is 5.32 Å². The average molecular weight is 729 g/mol. The Balaban J connectivity index is 1.10. The first-order valence-electron chi connectivity index (χ1n) is 18.5. The van der Waals surface area contributed by atoms with Crippen LogP contribution in [0.25, 0.3) is 44.7 Å². The van der Waals surface area contributed by atoms with E-state index in [9.17, 15) is 19.1 Å². The Morgan fingerprint density at radius 2 is 1.59 bits per heavy atom. The summed E-state index contributed by atoms with van der Waals surface area (Å²) < 4.78 is 34.4. The summed E-state index contributed by atoms with van der Waals surface area (Å²) in [6.45, 7) is 11.0. The van der Waals surface area contributed by atoms with Gasteiger partial charge in [0.15, 0.2) is 17.2 Å². The van der Waals surface area contributed by atoms with Crippen molar-refractivity contribution in [1.29, 1.82) is 5.26 Å². The number of oxazole rings is 1. The van der Waals surface area contributed by atoms with Gasteiger partial charge in [-0.15, -0.1) is 0 Å². The quantitative estimate of drug-likeness (QED) is 0.150. The van der Waals surface area contributed by atoms with Gasteiger partial charge in [0.05, 0.1) is 17.2 Å². The summed E-state index contributed by atoms with van der Waals surface area (Å²) in [4.78, 5) is 22.4. The van der Waals surface area contributed by atoms with E-state index in [-0.39, 0.29) is 11.9 Å². The van der Waals surface area contributed by atoms with Gasteiger partial charge in [-0.3, -0.25) is 14.8 Å². The summed E-state index contributed by atoms with van der Waals surface area (Å²) >= 11 is 0. The lowest BCUT2D eigenvalue weighted by Gasteiger charge is -2.30. The Morgan fingerprint density at radius 3 is 2.33 bits per heavy atom. The molecular formula is C42H42F2N8O2. The van der Waals surface area contributed by atoms with Crippen LogP contribution in [-0.4, -0.2) is 67.1 Å². The molecule has 2 N–H and O–H groups in total. The second kappa shape index (κ2) is 14.8. The van der Waals surface area contributed by atoms with Gasteiger partial charge < -0.3 is 14.8 Å². The maximum atomic E-state index is 14.1. The monoisotopic (exact) mass is 728 g/mol. The zero-order chi connectivity index (χ0) is 37.5. The van der Waals surface area contributed by atoms with Gasteiger partial charge in [-0.25, -0.2) is 23.7 Å². The van der Waals surface area contributed by atoms with Crippen LogP contribution >= 0.6 is 0 Å². The number of aliphatic hydroxyl groups excluding tert-OH is 1. The highest BCUT2D eigenvalue weighted by Gasteiger charge is 2.23. The predicted octanol–water partition coefficient (Wildman–Crippen LogP) is 8.47. The lowest BCUT2D eigenvalue weighted by Crippen LogP contribution is -2.32. The van der Waals surface area contributed by atoms with E-state index in [0.29, 0.717) is 58.8 Å². The number of hydrogen-bond acceptors (Lipinski definition) is 10. The van der Waals surface area contributed by atoms with Gasteiger partial charge in [0.25, 0.3) is 6.43 Å². The summed E-state index contributed by atoms with van der Waals surface area (Å²) in [7, 11) is 0. The number of aromatic nitrogens is 4. The number of piperidine rings is 1. The fourth-order valence-corrected chi connectivity index (χ4v) is 7.77. The van der Waals surface area contributed by atoms with Crippen LogP contribution in [0.5, 0.6) is 0 Å². The zero-order valence-electron chi connectivity index (χ0n) is 30.6. The number of pyridine rings is 1. The normalized spacial score (nSPS) is 17.2. The molecule has 0 spiro atoms. The number of hydrogen-bond donors (Lipinski definition) is 2. The first kappa shape index (κ1) is 35.7. The van der Waals surface area contributed by atoms with Crippen LogP contribution in [0.3, 0.4) is 0 Å². The molecule has 1 atom stereocenters. The Morgan fingerprint density at radius 1 is 0.889 bits per heavy atom. The second-order valence-corrected chi connectivity index (χ2v) is 14.8. The molecule has 0 aliphatic carbocycles. The van der Waals surface area contributed by atoms with Gasteiger partial charge in [0, 0.05) is 43.6 Å². The van der Waals surface area contributed by atoms with Crippen LogP contribution in [0.1, 0.15) is 66.3 Å². The standard InChI is InChI=1S/C42H42F2N8O2/c1-24-10-13-51(14-11-24)21-27-16-29(19-45)38-36(17-27)49-42(54-38)33-8-4-6-31(25(33)2)32-7-5-9-34(26(32)3)47-40-37-35(48-41(50-40)39(43)44)18-28(20-46-37)22-52-15-12-30(53)23-52/h4-9,16-18,20,24,30,39,53H,10-15,21-23H2,1-3H3,(H,47,48,50). The van der Waals surface area contributed by atoms with Gasteiger partial charge >= 0.3 is 0 Å². The van der Waals surface area contributed by atoms with Gasteiger partial charge in [0.2, 0.25) is 5.89 Å². The van der Waals surface area contributed by atoms with Crippen LogP contribution in [0.15, 0.2) is 65.2 Å². The molecule has 0 amide bonds. The number of nitrogens with one attached hydrogen (secondary N) is 1. The number of β-amino-alcohol motifs (C(OH)–C–C–N with tert-alkyl or cyclic N) is 1. The van der Waals surface area contributed by atoms with Crippen molar-refractivity contribution in [3.8, 4) is 28.7 Å². The molecule has 2 saturated heterocycles. The molecule has 6 aromatic rings. The van der Waals surface area contributed by atoms with Crippen LogP contribution in [-0.2, 0) is 13.1 Å². The number of rotatable bonds is 9. The molecule has 54 heavy (non-hydrogen) atoms. The number of benzene rings is 3. The van der Waals surface area contributed by atoms with Gasteiger partial charge in [0.1, 0.15) is 17.1 Å². The molecule has 2 fully saturated rings. The fourth-order valence-electron chi connectivity index (χ4n) is 7.77. The molecule has 0 radical (unpaired) electrons. The topological polar surface area (TPSA) is 127 Å². The average Bonchev–Trinajstić information content (AvgIpc) is 3.78. The molecule has 276 valence electrons. The number of aliphatic hydroxyl groups is 1. The zero-order valence-corrected chi connectivity index (χ0v) is 30.6. The number of nitrogens with zero attached hydrogens (tertiary/aromatic N) is 7. The highest BCUT2D eigenvalue weighted by atomic mass is 19.3. The summed E-state index contributed by atoms with van der Waals surface area (Å²) in [6, 6.07) is 19.8. The molecule has 2 aliphatic heterocycles. The predicted molar refractivity (Wildman–Crippen MR) is 204 cm³/mol. The van der Waals surface area contributed by atoms with E-state index in [0.717, 1.165) is 71.0 Å². The van der Waals surface area contributed by atoms with Crippen molar-refractivity contribution >= 4 is 33.6 Å². The van der Waals surface area contributed by atoms with Crippen molar-refractivity contribution < 1.29 is 18.3 Å². The van der Waals surface area contributed by atoms with Crippen LogP contribution in [0, 0.1) is 31.1 Å². The summed E-state index contributed by atoms with van der Waals surface area (Å²) in [5, 5.41) is 23.3. The van der Waals surface area contributed by atoms with Crippen molar-refractivity contribution in [3.63, 3.8) is 0 Å². The van der Waals surface area contributed by atoms with E-state index in [4.69, 9.17) is 9.40 Å². The van der Waals surface area contributed by atoms with Gasteiger partial charge in [-0.05, 0) is 116 Å². The molecule has 10 nitrogen and oxygen atoms in total. The number of fused-ring (bicyclic) bond motifs is 2. The third kappa shape index (κ3) is 7.14. The van der Waals surface area contributed by atoms with E-state index < -0.39 is 12.2 Å². The molecule has 1 unspecified atom stereocenters. The minimum absolute atomic E-state index is 0.193. The molecule has 0 bridgehead atoms. The smallest absolute Gasteiger partial charge is 0.297 e. The molecule has 12 heteroatoms. The second-order valence-electron chi connectivity index (χ2n) is 14.8. The molecular weight excluding hydrogens is 687 g/mol. The van der Waals surface area contributed by atoms with E-state index in [1.54, 1.807) is 12.3 Å². The number of halogens is 2. The first-order valence-corrected chi connectivity index (χ1v) is 18.5.